The zero-order valence-corrected chi connectivity index (χ0v) is 12.2. The molecule has 0 fully saturated rings. The minimum absolute atomic E-state index is 0.430. The summed E-state index contributed by atoms with van der Waals surface area (Å²) in [6.07, 6.45) is 1.77. The number of fused-ring (bicyclic) bond motifs is 1. The van der Waals surface area contributed by atoms with E-state index in [0.29, 0.717) is 24.1 Å². The van der Waals surface area contributed by atoms with E-state index in [0.717, 1.165) is 21.9 Å². The lowest BCUT2D eigenvalue weighted by atomic mass is 10.1. The largest absolute Gasteiger partial charge is 0.472 e. The van der Waals surface area contributed by atoms with Crippen molar-refractivity contribution in [1.29, 1.82) is 0 Å². The smallest absolute Gasteiger partial charge is 0.221 e. The van der Waals surface area contributed by atoms with Crippen molar-refractivity contribution in [3.05, 3.63) is 70.9 Å². The highest BCUT2D eigenvalue weighted by Crippen LogP contribution is 2.26. The summed E-state index contributed by atoms with van der Waals surface area (Å²) in [5.41, 5.74) is 7.78. The van der Waals surface area contributed by atoms with Crippen LogP contribution in [0.4, 0.5) is 0 Å². The van der Waals surface area contributed by atoms with Gasteiger partial charge in [-0.25, -0.2) is 4.98 Å². The summed E-state index contributed by atoms with van der Waals surface area (Å²) in [6, 6.07) is 15.6. The molecule has 0 aliphatic rings. The van der Waals surface area contributed by atoms with E-state index >= 15 is 0 Å². The van der Waals surface area contributed by atoms with Crippen molar-refractivity contribution in [2.24, 2.45) is 5.73 Å². The van der Waals surface area contributed by atoms with Gasteiger partial charge in [0.25, 0.3) is 0 Å². The molecular weight excluding hydrogens is 284 g/mol. The molecule has 2 N–H and O–H groups in total. The van der Waals surface area contributed by atoms with Gasteiger partial charge in [0, 0.05) is 23.2 Å². The number of rotatable bonds is 4. The minimum atomic E-state index is 0.430. The number of nitrogens with two attached hydrogens (primary N) is 1. The molecule has 1 heterocycles. The molecule has 106 valence electrons. The fourth-order valence-corrected chi connectivity index (χ4v) is 2.49. The minimum Gasteiger partial charge on any atom is -0.472 e. The fraction of sp³-hybridized carbons (Fsp3) is 0.118. The number of hydrogen-bond acceptors (Lipinski definition) is 3. The van der Waals surface area contributed by atoms with Crippen molar-refractivity contribution in [2.45, 2.75) is 13.2 Å². The van der Waals surface area contributed by atoms with Crippen LogP contribution in [0.2, 0.25) is 5.02 Å². The molecular formula is C17H15ClN2O. The first-order valence-electron chi connectivity index (χ1n) is 6.72. The molecule has 3 aromatic rings. The summed E-state index contributed by atoms with van der Waals surface area (Å²) in [7, 11) is 0. The lowest BCUT2D eigenvalue weighted by molar-refractivity contribution is 0.298. The Kier molecular flexibility index (Phi) is 4.04. The molecule has 3 rings (SSSR count). The lowest BCUT2D eigenvalue weighted by Gasteiger charge is -2.11. The van der Waals surface area contributed by atoms with E-state index in [1.54, 1.807) is 6.20 Å². The Labute approximate surface area is 128 Å². The van der Waals surface area contributed by atoms with Gasteiger partial charge in [-0.2, -0.15) is 0 Å². The van der Waals surface area contributed by atoms with Gasteiger partial charge in [0.1, 0.15) is 6.61 Å². The number of benzene rings is 2. The predicted molar refractivity (Wildman–Crippen MR) is 85.4 cm³/mol. The SMILES string of the molecule is NCc1cnc(OCc2cccc(Cl)c2)c2ccccc12. The Morgan fingerprint density at radius 2 is 1.86 bits per heavy atom. The van der Waals surface area contributed by atoms with Gasteiger partial charge in [0.05, 0.1) is 0 Å². The van der Waals surface area contributed by atoms with Crippen molar-refractivity contribution >= 4 is 22.4 Å². The first-order valence-corrected chi connectivity index (χ1v) is 7.09. The maximum absolute atomic E-state index is 5.98. The average molecular weight is 299 g/mol. The third-order valence-corrected chi connectivity index (χ3v) is 3.56. The first kappa shape index (κ1) is 13.9. The van der Waals surface area contributed by atoms with E-state index in [2.05, 4.69) is 4.98 Å². The Hall–Kier alpha value is -2.10. The molecule has 0 unspecified atom stereocenters. The van der Waals surface area contributed by atoms with Crippen LogP contribution in [-0.2, 0) is 13.2 Å². The maximum Gasteiger partial charge on any atom is 0.221 e. The quantitative estimate of drug-likeness (QED) is 0.794. The van der Waals surface area contributed by atoms with Gasteiger partial charge in [-0.05, 0) is 34.7 Å². The standard InChI is InChI=1S/C17H15ClN2O/c18-14-5-3-4-12(8-14)11-21-17-16-7-2-1-6-15(16)13(9-19)10-20-17/h1-8,10H,9,11,19H2. The molecule has 0 spiro atoms. The summed E-state index contributed by atoms with van der Waals surface area (Å²) in [6.45, 7) is 0.890. The predicted octanol–water partition coefficient (Wildman–Crippen LogP) is 3.93. The summed E-state index contributed by atoms with van der Waals surface area (Å²) in [5.74, 6) is 0.614. The highest BCUT2D eigenvalue weighted by atomic mass is 35.5. The van der Waals surface area contributed by atoms with Crippen molar-refractivity contribution in [3.63, 3.8) is 0 Å². The van der Waals surface area contributed by atoms with E-state index in [1.807, 2.05) is 48.5 Å². The van der Waals surface area contributed by atoms with Crippen molar-refractivity contribution in [1.82, 2.24) is 4.98 Å². The molecule has 2 aromatic carbocycles. The summed E-state index contributed by atoms with van der Waals surface area (Å²) in [4.78, 5) is 4.38. The number of aromatic nitrogens is 1. The lowest BCUT2D eigenvalue weighted by Crippen LogP contribution is -2.02. The monoisotopic (exact) mass is 298 g/mol. The van der Waals surface area contributed by atoms with Crippen molar-refractivity contribution < 1.29 is 4.74 Å². The van der Waals surface area contributed by atoms with Crippen LogP contribution in [0.1, 0.15) is 11.1 Å². The van der Waals surface area contributed by atoms with Crippen LogP contribution in [-0.4, -0.2) is 4.98 Å². The van der Waals surface area contributed by atoms with Crippen LogP contribution in [0.15, 0.2) is 54.7 Å². The average Bonchev–Trinajstić information content (AvgIpc) is 2.52. The second kappa shape index (κ2) is 6.12. The van der Waals surface area contributed by atoms with Crippen LogP contribution in [0.25, 0.3) is 10.8 Å². The van der Waals surface area contributed by atoms with Gasteiger partial charge >= 0.3 is 0 Å². The normalized spacial score (nSPS) is 10.8. The summed E-state index contributed by atoms with van der Waals surface area (Å²) < 4.78 is 5.85. The molecule has 0 atom stereocenters. The summed E-state index contributed by atoms with van der Waals surface area (Å²) >= 11 is 5.98. The van der Waals surface area contributed by atoms with E-state index in [-0.39, 0.29) is 0 Å². The van der Waals surface area contributed by atoms with E-state index in [1.165, 1.54) is 0 Å². The maximum atomic E-state index is 5.98. The van der Waals surface area contributed by atoms with Crippen LogP contribution in [0.3, 0.4) is 0 Å². The Bertz CT molecular complexity index is 774. The number of ether oxygens (including phenoxy) is 1. The molecule has 0 saturated carbocycles. The number of nitrogens with zero attached hydrogens (tertiary/aromatic N) is 1. The van der Waals surface area contributed by atoms with Gasteiger partial charge in [0.2, 0.25) is 5.88 Å². The van der Waals surface area contributed by atoms with Gasteiger partial charge in [-0.15, -0.1) is 0 Å². The second-order valence-corrected chi connectivity index (χ2v) is 5.19. The molecule has 3 nitrogen and oxygen atoms in total. The van der Waals surface area contributed by atoms with E-state index in [4.69, 9.17) is 22.1 Å². The van der Waals surface area contributed by atoms with Crippen molar-refractivity contribution in [2.75, 3.05) is 0 Å². The van der Waals surface area contributed by atoms with Gasteiger partial charge in [-0.1, -0.05) is 41.9 Å². The topological polar surface area (TPSA) is 48.1 Å². The van der Waals surface area contributed by atoms with Gasteiger partial charge < -0.3 is 10.5 Å². The number of pyridine rings is 1. The third-order valence-electron chi connectivity index (χ3n) is 3.33. The molecule has 4 heteroatoms. The van der Waals surface area contributed by atoms with Crippen LogP contribution in [0.5, 0.6) is 5.88 Å². The second-order valence-electron chi connectivity index (χ2n) is 4.76. The first-order chi connectivity index (χ1) is 10.3. The number of halogens is 1. The molecule has 0 amide bonds. The van der Waals surface area contributed by atoms with Gasteiger partial charge in [-0.3, -0.25) is 0 Å². The molecule has 0 aliphatic heterocycles. The Balaban J connectivity index is 1.91. The van der Waals surface area contributed by atoms with E-state index in [9.17, 15) is 0 Å². The number of hydrogen-bond donors (Lipinski definition) is 1. The molecule has 0 saturated heterocycles. The Morgan fingerprint density at radius 3 is 2.62 bits per heavy atom. The zero-order valence-electron chi connectivity index (χ0n) is 11.4. The molecule has 21 heavy (non-hydrogen) atoms. The molecule has 0 radical (unpaired) electrons. The van der Waals surface area contributed by atoms with Crippen molar-refractivity contribution in [3.8, 4) is 5.88 Å². The molecule has 1 aromatic heterocycles. The molecule has 0 aliphatic carbocycles. The fourth-order valence-electron chi connectivity index (χ4n) is 2.28. The van der Waals surface area contributed by atoms with E-state index < -0.39 is 0 Å². The molecule has 0 bridgehead atoms. The highest BCUT2D eigenvalue weighted by molar-refractivity contribution is 6.30. The third kappa shape index (κ3) is 2.99. The van der Waals surface area contributed by atoms with Crippen LogP contribution < -0.4 is 10.5 Å². The summed E-state index contributed by atoms with van der Waals surface area (Å²) in [5, 5.41) is 2.76. The Morgan fingerprint density at radius 1 is 1.05 bits per heavy atom. The van der Waals surface area contributed by atoms with Crippen LogP contribution >= 0.6 is 11.6 Å². The highest BCUT2D eigenvalue weighted by Gasteiger charge is 2.07. The van der Waals surface area contributed by atoms with Gasteiger partial charge in [0.15, 0.2) is 0 Å². The zero-order chi connectivity index (χ0) is 14.7. The van der Waals surface area contributed by atoms with Crippen LogP contribution in [0, 0.1) is 0 Å².